The normalized spacial score (nSPS) is 24.2. The van der Waals surface area contributed by atoms with Crippen LogP contribution in [0, 0.1) is 0 Å². The van der Waals surface area contributed by atoms with Crippen LogP contribution in [0.1, 0.15) is 12.8 Å². The summed E-state index contributed by atoms with van der Waals surface area (Å²) in [5.74, 6) is 0.307. The van der Waals surface area contributed by atoms with Crippen molar-refractivity contribution in [3.63, 3.8) is 0 Å². The van der Waals surface area contributed by atoms with Gasteiger partial charge in [-0.05, 0) is 12.8 Å². The molecule has 0 aromatic rings. The summed E-state index contributed by atoms with van der Waals surface area (Å²) in [5, 5.41) is 9.40. The molecule has 0 aromatic carbocycles. The minimum atomic E-state index is -0.946. The maximum absolute atomic E-state index is 11.6. The summed E-state index contributed by atoms with van der Waals surface area (Å²) >= 11 is 0. The summed E-state index contributed by atoms with van der Waals surface area (Å²) in [5.41, 5.74) is 5.24. The Bertz CT molecular complexity index is 171. The molecule has 1 saturated heterocycles. The molecule has 2 atom stereocenters. The van der Waals surface area contributed by atoms with Gasteiger partial charge in [-0.15, -0.1) is 0 Å². The predicted octanol–water partition coefficient (Wildman–Crippen LogP) is -0.766. The second kappa shape index (κ2) is 5.70. The number of aliphatic hydroxyl groups is 1. The summed E-state index contributed by atoms with van der Waals surface area (Å²) < 4.78 is 16.8. The highest BCUT2D eigenvalue weighted by Gasteiger charge is 2.21. The first-order valence-electron chi connectivity index (χ1n) is 4.57. The Kier molecular flexibility index (Phi) is 4.87. The van der Waals surface area contributed by atoms with Gasteiger partial charge in [0.25, 0.3) is 0 Å². The van der Waals surface area contributed by atoms with Gasteiger partial charge in [-0.25, -0.2) is 0 Å². The quantitative estimate of drug-likeness (QED) is 0.635. The van der Waals surface area contributed by atoms with Crippen molar-refractivity contribution in [2.75, 3.05) is 25.5 Å². The molecule has 0 amide bonds. The summed E-state index contributed by atoms with van der Waals surface area (Å²) in [6.07, 6.45) is 1.05. The fourth-order valence-electron chi connectivity index (χ4n) is 1.33. The van der Waals surface area contributed by atoms with E-state index >= 15 is 0 Å². The van der Waals surface area contributed by atoms with Gasteiger partial charge in [0.2, 0.25) is 0 Å². The number of nitrogens with two attached hydrogens (primary N) is 1. The molecule has 1 aliphatic rings. The highest BCUT2D eigenvalue weighted by Crippen LogP contribution is 2.13. The highest BCUT2D eigenvalue weighted by atomic mass is 32.2. The average molecular weight is 207 g/mol. The van der Waals surface area contributed by atoms with Crippen LogP contribution in [-0.4, -0.2) is 46.2 Å². The molecule has 1 heterocycles. The lowest BCUT2D eigenvalue weighted by Gasteiger charge is -2.22. The molecule has 1 rings (SSSR count). The Balaban J connectivity index is 2.29. The van der Waals surface area contributed by atoms with E-state index in [1.807, 2.05) is 0 Å². The van der Waals surface area contributed by atoms with E-state index in [1.54, 1.807) is 0 Å². The van der Waals surface area contributed by atoms with Crippen molar-refractivity contribution in [3.05, 3.63) is 0 Å². The van der Waals surface area contributed by atoms with Gasteiger partial charge in [0.1, 0.15) is 0 Å². The fourth-order valence-corrected chi connectivity index (χ4v) is 2.84. The fraction of sp³-hybridized carbons (Fsp3) is 1.00. The molecule has 0 aromatic heterocycles. The van der Waals surface area contributed by atoms with Gasteiger partial charge in [-0.1, -0.05) is 0 Å². The molecular weight excluding hydrogens is 190 g/mol. The molecule has 5 heteroatoms. The molecule has 0 saturated carbocycles. The Morgan fingerprint density at radius 1 is 1.54 bits per heavy atom. The van der Waals surface area contributed by atoms with E-state index in [9.17, 15) is 9.32 Å². The standard InChI is InChI=1S/C8H17NO3S/c9-5-7(10)6-13(11)8-1-3-12-4-2-8/h7-8,10H,1-6,9H2. The minimum Gasteiger partial charge on any atom is -0.391 e. The van der Waals surface area contributed by atoms with Crippen LogP contribution in [0.15, 0.2) is 0 Å². The van der Waals surface area contributed by atoms with Crippen molar-refractivity contribution in [2.45, 2.75) is 24.2 Å². The van der Waals surface area contributed by atoms with Crippen molar-refractivity contribution in [1.82, 2.24) is 0 Å². The van der Waals surface area contributed by atoms with Gasteiger partial charge < -0.3 is 15.6 Å². The van der Waals surface area contributed by atoms with E-state index in [0.717, 1.165) is 12.8 Å². The second-order valence-corrected chi connectivity index (χ2v) is 5.01. The van der Waals surface area contributed by atoms with Gasteiger partial charge in [0.05, 0.1) is 11.9 Å². The van der Waals surface area contributed by atoms with Gasteiger partial charge in [0.15, 0.2) is 0 Å². The van der Waals surface area contributed by atoms with Crippen LogP contribution in [0.4, 0.5) is 0 Å². The van der Waals surface area contributed by atoms with Crippen LogP contribution in [0.25, 0.3) is 0 Å². The molecule has 13 heavy (non-hydrogen) atoms. The number of ether oxygens (including phenoxy) is 1. The minimum absolute atomic E-state index is 0.189. The first kappa shape index (κ1) is 11.1. The molecule has 0 radical (unpaired) electrons. The smallest absolute Gasteiger partial charge is 0.0777 e. The summed E-state index contributed by atoms with van der Waals surface area (Å²) in [4.78, 5) is 0. The summed E-state index contributed by atoms with van der Waals surface area (Å²) in [7, 11) is -0.946. The number of hydrogen-bond donors (Lipinski definition) is 2. The second-order valence-electron chi connectivity index (χ2n) is 3.25. The first-order valence-corrected chi connectivity index (χ1v) is 5.95. The monoisotopic (exact) mass is 207 g/mol. The topological polar surface area (TPSA) is 72.5 Å². The molecule has 0 aliphatic carbocycles. The Morgan fingerprint density at radius 2 is 2.15 bits per heavy atom. The average Bonchev–Trinajstić information content (AvgIpc) is 2.19. The predicted molar refractivity (Wildman–Crippen MR) is 51.9 cm³/mol. The Morgan fingerprint density at radius 3 is 2.69 bits per heavy atom. The lowest BCUT2D eigenvalue weighted by molar-refractivity contribution is 0.0989. The van der Waals surface area contributed by atoms with Crippen molar-refractivity contribution in [1.29, 1.82) is 0 Å². The zero-order valence-corrected chi connectivity index (χ0v) is 8.46. The van der Waals surface area contributed by atoms with Crippen molar-refractivity contribution in [2.24, 2.45) is 5.73 Å². The van der Waals surface area contributed by atoms with E-state index in [2.05, 4.69) is 0 Å². The van der Waals surface area contributed by atoms with Crippen LogP contribution in [-0.2, 0) is 15.5 Å². The molecule has 4 nitrogen and oxygen atoms in total. The van der Waals surface area contributed by atoms with Gasteiger partial charge in [-0.2, -0.15) is 0 Å². The van der Waals surface area contributed by atoms with E-state index in [1.165, 1.54) is 0 Å². The van der Waals surface area contributed by atoms with Gasteiger partial charge in [-0.3, -0.25) is 4.21 Å². The maximum Gasteiger partial charge on any atom is 0.0777 e. The molecule has 0 bridgehead atoms. The third-order valence-corrected chi connectivity index (χ3v) is 4.10. The lowest BCUT2D eigenvalue weighted by Crippen LogP contribution is -2.33. The van der Waals surface area contributed by atoms with Gasteiger partial charge >= 0.3 is 0 Å². The molecular formula is C8H17NO3S. The van der Waals surface area contributed by atoms with Crippen LogP contribution in [0.2, 0.25) is 0 Å². The zero-order valence-electron chi connectivity index (χ0n) is 7.65. The zero-order chi connectivity index (χ0) is 9.68. The van der Waals surface area contributed by atoms with Crippen LogP contribution in [0.3, 0.4) is 0 Å². The molecule has 0 spiro atoms. The Hall–Kier alpha value is 0.0300. The van der Waals surface area contributed by atoms with Crippen molar-refractivity contribution in [3.8, 4) is 0 Å². The van der Waals surface area contributed by atoms with E-state index in [4.69, 9.17) is 10.5 Å². The van der Waals surface area contributed by atoms with Crippen molar-refractivity contribution < 1.29 is 14.1 Å². The highest BCUT2D eigenvalue weighted by molar-refractivity contribution is 7.85. The summed E-state index contributed by atoms with van der Waals surface area (Å²) in [6, 6.07) is 0. The maximum atomic E-state index is 11.6. The molecule has 1 fully saturated rings. The van der Waals surface area contributed by atoms with E-state index in [0.29, 0.717) is 19.0 Å². The van der Waals surface area contributed by atoms with E-state index in [-0.39, 0.29) is 11.8 Å². The number of aliphatic hydroxyl groups excluding tert-OH is 1. The molecule has 78 valence electrons. The van der Waals surface area contributed by atoms with Crippen LogP contribution < -0.4 is 5.73 Å². The molecule has 1 aliphatic heterocycles. The first-order chi connectivity index (χ1) is 6.24. The van der Waals surface area contributed by atoms with Crippen LogP contribution >= 0.6 is 0 Å². The van der Waals surface area contributed by atoms with Crippen molar-refractivity contribution >= 4 is 10.8 Å². The third-order valence-electron chi connectivity index (χ3n) is 2.17. The van der Waals surface area contributed by atoms with Crippen LogP contribution in [0.5, 0.6) is 0 Å². The van der Waals surface area contributed by atoms with E-state index < -0.39 is 16.9 Å². The van der Waals surface area contributed by atoms with Gasteiger partial charge in [0, 0.05) is 35.8 Å². The number of hydrogen-bond acceptors (Lipinski definition) is 4. The third kappa shape index (κ3) is 3.72. The number of rotatable bonds is 4. The Labute approximate surface area is 80.9 Å². The lowest BCUT2D eigenvalue weighted by atomic mass is 10.2. The molecule has 2 unspecified atom stereocenters. The SMILES string of the molecule is NCC(O)CS(=O)C1CCOCC1. The largest absolute Gasteiger partial charge is 0.391 e. The molecule has 3 N–H and O–H groups in total. The summed E-state index contributed by atoms with van der Waals surface area (Å²) in [6.45, 7) is 1.57.